The van der Waals surface area contributed by atoms with Gasteiger partial charge in [-0.05, 0) is 54.9 Å². The van der Waals surface area contributed by atoms with E-state index in [0.717, 1.165) is 27.6 Å². The minimum absolute atomic E-state index is 0.0337. The van der Waals surface area contributed by atoms with Crippen LogP contribution in [-0.4, -0.2) is 113 Å². The molecule has 2 fully saturated rings. The highest BCUT2D eigenvalue weighted by Gasteiger charge is 2.40. The van der Waals surface area contributed by atoms with Crippen LogP contribution in [-0.2, 0) is 52.8 Å². The van der Waals surface area contributed by atoms with Crippen LogP contribution in [0.2, 0.25) is 0 Å². The Morgan fingerprint density at radius 2 is 1.42 bits per heavy atom. The van der Waals surface area contributed by atoms with Gasteiger partial charge in [-0.2, -0.15) is 0 Å². The van der Waals surface area contributed by atoms with Gasteiger partial charge in [0.1, 0.15) is 36.3 Å². The Hall–Kier alpha value is -7.24. The number of amides is 7. The number of nitrogens with one attached hydrogen (secondary N) is 7. The first-order valence-corrected chi connectivity index (χ1v) is 21.6. The number of aromatic amines is 1. The summed E-state index contributed by atoms with van der Waals surface area (Å²) in [6, 6.07) is 18.8. The van der Waals surface area contributed by atoms with Crippen LogP contribution in [0.25, 0.3) is 10.9 Å². The lowest BCUT2D eigenvalue weighted by Gasteiger charge is -2.31. The molecule has 3 unspecified atom stereocenters. The lowest BCUT2D eigenvalue weighted by Crippen LogP contribution is -2.59. The zero-order valence-electron chi connectivity index (χ0n) is 35.8. The molecule has 64 heavy (non-hydrogen) atoms. The fourth-order valence-electron chi connectivity index (χ4n) is 8.17. The van der Waals surface area contributed by atoms with Crippen LogP contribution in [0.1, 0.15) is 55.7 Å². The topological polar surface area (TPSA) is 275 Å². The third-order valence-corrected chi connectivity index (χ3v) is 11.4. The number of benzene rings is 3. The van der Waals surface area contributed by atoms with Gasteiger partial charge in [0.15, 0.2) is 5.96 Å². The van der Waals surface area contributed by atoms with Crippen LogP contribution in [0.4, 0.5) is 0 Å². The second kappa shape index (κ2) is 22.2. The first-order chi connectivity index (χ1) is 30.9. The molecule has 18 nitrogen and oxygen atoms in total. The smallest absolute Gasteiger partial charge is 0.245 e. The number of aromatic nitrogens is 1. The number of guanidine groups is 1. The number of rotatable bonds is 13. The van der Waals surface area contributed by atoms with Crippen molar-refractivity contribution in [3.8, 4) is 0 Å². The predicted molar refractivity (Wildman–Crippen MR) is 240 cm³/mol. The number of fused-ring (bicyclic) bond motifs is 2. The van der Waals surface area contributed by atoms with Crippen LogP contribution in [0.5, 0.6) is 0 Å². The van der Waals surface area contributed by atoms with E-state index in [4.69, 9.17) is 11.5 Å². The fourth-order valence-corrected chi connectivity index (χ4v) is 8.17. The van der Waals surface area contributed by atoms with Crippen molar-refractivity contribution in [1.29, 1.82) is 0 Å². The predicted octanol–water partition coefficient (Wildman–Crippen LogP) is 0.204. The van der Waals surface area contributed by atoms with Crippen molar-refractivity contribution in [1.82, 2.24) is 41.8 Å². The van der Waals surface area contributed by atoms with E-state index in [1.165, 1.54) is 11.8 Å². The van der Waals surface area contributed by atoms with Gasteiger partial charge in [0.25, 0.3) is 0 Å². The standard InChI is InChI=1S/C46H57N11O7/c1-28(58)52-36(24-29-12-4-2-5-13-29)41(60)54-35-20-22-49-40(59)34(18-10-21-50-46(47)48)53-43(62)38(26-31-27-51-33-17-9-8-16-32(31)33)55-42(61)37(25-30-14-6-3-7-15-30)56-44(63)39-19-11-23-57(39)45(35)64/h2-9,12-17,27,34-39,51H,10-11,18-26H2,1H3,(H,49,59)(H,52,58)(H,53,62)(H,54,60)(H,55,61)(H,56,63)(H4,47,48,50)/t34?,35-,36-,37+,38?,39?/m0/s1. The van der Waals surface area contributed by atoms with E-state index in [2.05, 4.69) is 41.9 Å². The minimum atomic E-state index is -1.25. The summed E-state index contributed by atoms with van der Waals surface area (Å²) in [7, 11) is 0. The summed E-state index contributed by atoms with van der Waals surface area (Å²) >= 11 is 0. The summed E-state index contributed by atoms with van der Waals surface area (Å²) in [4.78, 5) is 107. The molecular weight excluding hydrogens is 819 g/mol. The third kappa shape index (κ3) is 12.7. The number of H-pyrrole nitrogens is 1. The molecule has 2 aliphatic rings. The van der Waals surface area contributed by atoms with Gasteiger partial charge in [0.2, 0.25) is 41.4 Å². The maximum Gasteiger partial charge on any atom is 0.245 e. The number of aliphatic imine (C=N–C) groups is 1. The van der Waals surface area contributed by atoms with Crippen molar-refractivity contribution >= 4 is 58.2 Å². The average Bonchev–Trinajstić information content (AvgIpc) is 3.94. The summed E-state index contributed by atoms with van der Waals surface area (Å²) in [5.74, 6) is -4.28. The van der Waals surface area contributed by atoms with E-state index in [-0.39, 0.29) is 64.1 Å². The largest absolute Gasteiger partial charge is 0.370 e. The first kappa shape index (κ1) is 46.3. The lowest BCUT2D eigenvalue weighted by atomic mass is 10.0. The average molecular weight is 876 g/mol. The zero-order valence-corrected chi connectivity index (χ0v) is 35.8. The Kier molecular flexibility index (Phi) is 16.1. The molecule has 7 amide bonds. The number of nitrogens with zero attached hydrogens (tertiary/aromatic N) is 2. The molecule has 18 heteroatoms. The summed E-state index contributed by atoms with van der Waals surface area (Å²) in [5.41, 5.74) is 14.1. The van der Waals surface area contributed by atoms with Crippen LogP contribution < -0.4 is 43.4 Å². The second-order valence-electron chi connectivity index (χ2n) is 16.2. The monoisotopic (exact) mass is 875 g/mol. The van der Waals surface area contributed by atoms with Crippen LogP contribution in [0.15, 0.2) is 96.1 Å². The molecule has 0 aliphatic carbocycles. The van der Waals surface area contributed by atoms with Crippen molar-refractivity contribution in [3.05, 3.63) is 108 Å². The molecule has 338 valence electrons. The van der Waals surface area contributed by atoms with Gasteiger partial charge in [-0.15, -0.1) is 0 Å². The molecule has 3 aromatic carbocycles. The van der Waals surface area contributed by atoms with Crippen molar-refractivity contribution in [2.24, 2.45) is 16.5 Å². The molecule has 0 spiro atoms. The quantitative estimate of drug-likeness (QED) is 0.0504. The Balaban J connectivity index is 1.34. The van der Waals surface area contributed by atoms with Gasteiger partial charge in [-0.1, -0.05) is 78.9 Å². The van der Waals surface area contributed by atoms with Crippen molar-refractivity contribution < 1.29 is 33.6 Å². The highest BCUT2D eigenvalue weighted by Crippen LogP contribution is 2.22. The fraction of sp³-hybridized carbons (Fsp3) is 0.391. The van der Waals surface area contributed by atoms with Gasteiger partial charge in [-0.25, -0.2) is 0 Å². The van der Waals surface area contributed by atoms with Crippen LogP contribution >= 0.6 is 0 Å². The van der Waals surface area contributed by atoms with Gasteiger partial charge in [0.05, 0.1) is 0 Å². The summed E-state index contributed by atoms with van der Waals surface area (Å²) in [6.45, 7) is 1.51. The van der Waals surface area contributed by atoms with Crippen LogP contribution in [0, 0.1) is 0 Å². The molecule has 0 bridgehead atoms. The number of para-hydroxylation sites is 1. The molecule has 6 rings (SSSR count). The van der Waals surface area contributed by atoms with Crippen molar-refractivity contribution in [3.63, 3.8) is 0 Å². The highest BCUT2D eigenvalue weighted by atomic mass is 16.2. The third-order valence-electron chi connectivity index (χ3n) is 11.4. The molecule has 11 N–H and O–H groups in total. The van der Waals surface area contributed by atoms with Gasteiger partial charge < -0.3 is 53.3 Å². The Morgan fingerprint density at radius 3 is 2.12 bits per heavy atom. The number of hydrogen-bond donors (Lipinski definition) is 9. The molecule has 2 saturated heterocycles. The Labute approximate surface area is 371 Å². The normalized spacial score (nSPS) is 21.6. The Bertz CT molecular complexity index is 2320. The summed E-state index contributed by atoms with van der Waals surface area (Å²) < 4.78 is 0. The van der Waals surface area contributed by atoms with E-state index in [1.807, 2.05) is 60.7 Å². The molecular formula is C46H57N11O7. The van der Waals surface area contributed by atoms with Crippen molar-refractivity contribution in [2.45, 2.75) is 94.5 Å². The SMILES string of the molecule is CC(=O)N[C@@H](Cc1ccccc1)C(=O)N[C@H]1CCNC(=O)C(CCCN=C(N)N)NC(=O)C(Cc2c[nH]c3ccccc23)NC(=O)[C@@H](Cc2ccccc2)NC(=O)C2CCCN2C1=O. The summed E-state index contributed by atoms with van der Waals surface area (Å²) in [5, 5.41) is 17.7. The molecule has 1 aromatic heterocycles. The van der Waals surface area contributed by atoms with Gasteiger partial charge in [0, 0.05) is 62.9 Å². The van der Waals surface area contributed by atoms with E-state index >= 15 is 0 Å². The summed E-state index contributed by atoms with van der Waals surface area (Å²) in [6.07, 6.45) is 3.02. The molecule has 0 saturated carbocycles. The first-order valence-electron chi connectivity index (χ1n) is 21.6. The molecule has 2 aliphatic heterocycles. The van der Waals surface area contributed by atoms with Crippen molar-refractivity contribution in [2.75, 3.05) is 19.6 Å². The maximum absolute atomic E-state index is 14.6. The highest BCUT2D eigenvalue weighted by molar-refractivity contribution is 5.98. The van der Waals surface area contributed by atoms with E-state index in [9.17, 15) is 33.6 Å². The number of carbonyl (C=O) groups excluding carboxylic acids is 7. The molecule has 6 atom stereocenters. The van der Waals surface area contributed by atoms with E-state index in [1.54, 1.807) is 30.5 Å². The minimum Gasteiger partial charge on any atom is -0.370 e. The Morgan fingerprint density at radius 1 is 0.781 bits per heavy atom. The molecule has 3 heterocycles. The van der Waals surface area contributed by atoms with Crippen LogP contribution in [0.3, 0.4) is 0 Å². The number of nitrogens with two attached hydrogens (primary N) is 2. The number of hydrogen-bond acceptors (Lipinski definition) is 8. The van der Waals surface area contributed by atoms with E-state index in [0.29, 0.717) is 12.8 Å². The zero-order chi connectivity index (χ0) is 45.6. The number of carbonyl (C=O) groups is 7. The van der Waals surface area contributed by atoms with Gasteiger partial charge in [-0.3, -0.25) is 38.6 Å². The molecule has 4 aromatic rings. The van der Waals surface area contributed by atoms with E-state index < -0.39 is 77.6 Å². The second-order valence-corrected chi connectivity index (χ2v) is 16.2. The lowest BCUT2D eigenvalue weighted by molar-refractivity contribution is -0.142. The van der Waals surface area contributed by atoms with Gasteiger partial charge >= 0.3 is 0 Å². The molecule has 0 radical (unpaired) electrons. The maximum atomic E-state index is 14.6.